The van der Waals surface area contributed by atoms with Gasteiger partial charge in [-0.1, -0.05) is 36.4 Å². The summed E-state index contributed by atoms with van der Waals surface area (Å²) in [5.41, 5.74) is 1.31. The van der Waals surface area contributed by atoms with E-state index in [1.54, 1.807) is 0 Å². The molecular weight excluding hydrogens is 226 g/mol. The van der Waals surface area contributed by atoms with E-state index in [0.29, 0.717) is 6.42 Å². The Labute approximate surface area is 109 Å². The molecule has 1 rings (SSSR count). The minimum atomic E-state index is -0.725. The van der Waals surface area contributed by atoms with Crippen molar-refractivity contribution in [2.24, 2.45) is 0 Å². The lowest BCUT2D eigenvalue weighted by Crippen LogP contribution is -2.27. The number of rotatable bonds is 9. The summed E-state index contributed by atoms with van der Waals surface area (Å²) in [6.45, 7) is 6.30. The smallest absolute Gasteiger partial charge is 0.303 e. The molecule has 0 aromatic heterocycles. The van der Waals surface area contributed by atoms with Crippen LogP contribution >= 0.6 is 0 Å². The number of hydrogen-bond acceptors (Lipinski definition) is 2. The van der Waals surface area contributed by atoms with Crippen LogP contribution in [-0.2, 0) is 11.2 Å². The van der Waals surface area contributed by atoms with Gasteiger partial charge in [0.25, 0.3) is 0 Å². The van der Waals surface area contributed by atoms with Gasteiger partial charge in [0.1, 0.15) is 0 Å². The van der Waals surface area contributed by atoms with Crippen LogP contribution in [0.2, 0.25) is 0 Å². The average Bonchev–Trinajstić information content (AvgIpc) is 2.37. The van der Waals surface area contributed by atoms with Gasteiger partial charge < -0.3 is 5.11 Å². The highest BCUT2D eigenvalue weighted by molar-refractivity contribution is 5.66. The Morgan fingerprint density at radius 2 is 2.00 bits per heavy atom. The van der Waals surface area contributed by atoms with Crippen molar-refractivity contribution in [3.05, 3.63) is 48.6 Å². The molecule has 0 spiro atoms. The molecule has 0 fully saturated rings. The van der Waals surface area contributed by atoms with E-state index in [1.807, 2.05) is 24.3 Å². The molecule has 0 heterocycles. The molecule has 3 heteroatoms. The van der Waals surface area contributed by atoms with Crippen LogP contribution in [0.15, 0.2) is 43.0 Å². The van der Waals surface area contributed by atoms with Crippen LogP contribution < -0.4 is 0 Å². The molecule has 0 aliphatic rings. The zero-order chi connectivity index (χ0) is 13.2. The Kier molecular flexibility index (Phi) is 6.81. The van der Waals surface area contributed by atoms with Crippen molar-refractivity contribution < 1.29 is 9.90 Å². The first-order valence-corrected chi connectivity index (χ1v) is 6.31. The van der Waals surface area contributed by atoms with Gasteiger partial charge in [0.15, 0.2) is 0 Å². The second kappa shape index (κ2) is 8.48. The molecular formula is C15H21NO2. The third-order valence-corrected chi connectivity index (χ3v) is 2.81. The summed E-state index contributed by atoms with van der Waals surface area (Å²) in [4.78, 5) is 12.7. The standard InChI is InChI=1S/C15H21NO2/c1-2-11-16(12-6-9-15(17)18)13-10-14-7-4-3-5-8-14/h2-5,7-8H,1,6,9-13H2,(H,17,18). The molecule has 98 valence electrons. The van der Waals surface area contributed by atoms with Crippen LogP contribution in [0, 0.1) is 0 Å². The van der Waals surface area contributed by atoms with Crippen molar-refractivity contribution >= 4 is 5.97 Å². The van der Waals surface area contributed by atoms with Gasteiger partial charge in [-0.2, -0.15) is 0 Å². The van der Waals surface area contributed by atoms with Crippen molar-refractivity contribution in [2.75, 3.05) is 19.6 Å². The van der Waals surface area contributed by atoms with E-state index in [9.17, 15) is 4.79 Å². The second-order valence-electron chi connectivity index (χ2n) is 4.32. The summed E-state index contributed by atoms with van der Waals surface area (Å²) in [5, 5.41) is 8.63. The van der Waals surface area contributed by atoms with Gasteiger partial charge in [-0.15, -0.1) is 6.58 Å². The topological polar surface area (TPSA) is 40.5 Å². The van der Waals surface area contributed by atoms with Crippen LogP contribution in [0.25, 0.3) is 0 Å². The van der Waals surface area contributed by atoms with E-state index in [-0.39, 0.29) is 6.42 Å². The van der Waals surface area contributed by atoms with Gasteiger partial charge >= 0.3 is 5.97 Å². The van der Waals surface area contributed by atoms with Gasteiger partial charge in [-0.25, -0.2) is 0 Å². The van der Waals surface area contributed by atoms with Gasteiger partial charge in [0.05, 0.1) is 0 Å². The van der Waals surface area contributed by atoms with E-state index >= 15 is 0 Å². The molecule has 0 bridgehead atoms. The Morgan fingerprint density at radius 3 is 2.61 bits per heavy atom. The summed E-state index contributed by atoms with van der Waals surface area (Å²) in [6, 6.07) is 10.3. The van der Waals surface area contributed by atoms with Crippen LogP contribution in [0.3, 0.4) is 0 Å². The van der Waals surface area contributed by atoms with Crippen molar-refractivity contribution in [2.45, 2.75) is 19.3 Å². The number of carboxylic acids is 1. The first-order valence-electron chi connectivity index (χ1n) is 6.31. The Morgan fingerprint density at radius 1 is 1.28 bits per heavy atom. The summed E-state index contributed by atoms with van der Waals surface area (Å²) in [6.07, 6.45) is 3.78. The molecule has 0 saturated carbocycles. The van der Waals surface area contributed by atoms with Crippen molar-refractivity contribution in [3.63, 3.8) is 0 Å². The average molecular weight is 247 g/mol. The number of nitrogens with zero attached hydrogens (tertiary/aromatic N) is 1. The highest BCUT2D eigenvalue weighted by atomic mass is 16.4. The van der Waals surface area contributed by atoms with Crippen molar-refractivity contribution in [3.8, 4) is 0 Å². The van der Waals surface area contributed by atoms with E-state index in [2.05, 4.69) is 23.6 Å². The second-order valence-corrected chi connectivity index (χ2v) is 4.32. The van der Waals surface area contributed by atoms with Crippen LogP contribution in [0.5, 0.6) is 0 Å². The van der Waals surface area contributed by atoms with E-state index in [4.69, 9.17) is 5.11 Å². The fraction of sp³-hybridized carbons (Fsp3) is 0.400. The number of carbonyl (C=O) groups is 1. The summed E-state index contributed by atoms with van der Waals surface area (Å²) in [7, 11) is 0. The SMILES string of the molecule is C=CCN(CCCC(=O)O)CCc1ccccc1. The molecule has 0 radical (unpaired) electrons. The highest BCUT2D eigenvalue weighted by Gasteiger charge is 2.05. The van der Waals surface area contributed by atoms with Gasteiger partial charge in [-0.3, -0.25) is 9.69 Å². The maximum atomic E-state index is 10.5. The third-order valence-electron chi connectivity index (χ3n) is 2.81. The molecule has 1 aromatic rings. The third kappa shape index (κ3) is 6.21. The molecule has 0 amide bonds. The van der Waals surface area contributed by atoms with Gasteiger partial charge in [-0.05, 0) is 24.9 Å². The predicted octanol–water partition coefficient (Wildman–Crippen LogP) is 2.58. The Balaban J connectivity index is 2.33. The quantitative estimate of drug-likeness (QED) is 0.682. The normalized spacial score (nSPS) is 10.5. The first kappa shape index (κ1) is 14.5. The van der Waals surface area contributed by atoms with E-state index in [0.717, 1.165) is 26.1 Å². The maximum Gasteiger partial charge on any atom is 0.303 e. The number of carboxylic acid groups (broad SMARTS) is 1. The van der Waals surface area contributed by atoms with Gasteiger partial charge in [0.2, 0.25) is 0 Å². The number of benzene rings is 1. The largest absolute Gasteiger partial charge is 0.481 e. The van der Waals surface area contributed by atoms with Gasteiger partial charge in [0, 0.05) is 19.5 Å². The molecule has 1 N–H and O–H groups in total. The fourth-order valence-corrected chi connectivity index (χ4v) is 1.86. The van der Waals surface area contributed by atoms with E-state index in [1.165, 1.54) is 5.56 Å². The number of aliphatic carboxylic acids is 1. The Hall–Kier alpha value is -1.61. The minimum absolute atomic E-state index is 0.235. The molecule has 0 atom stereocenters. The zero-order valence-electron chi connectivity index (χ0n) is 10.7. The van der Waals surface area contributed by atoms with Crippen LogP contribution in [0.4, 0.5) is 0 Å². The predicted molar refractivity (Wildman–Crippen MR) is 73.7 cm³/mol. The molecule has 1 aromatic carbocycles. The van der Waals surface area contributed by atoms with E-state index < -0.39 is 5.97 Å². The lowest BCUT2D eigenvalue weighted by molar-refractivity contribution is -0.137. The minimum Gasteiger partial charge on any atom is -0.481 e. The summed E-state index contributed by atoms with van der Waals surface area (Å²) >= 11 is 0. The van der Waals surface area contributed by atoms with Crippen molar-refractivity contribution in [1.29, 1.82) is 0 Å². The fourth-order valence-electron chi connectivity index (χ4n) is 1.86. The molecule has 18 heavy (non-hydrogen) atoms. The van der Waals surface area contributed by atoms with Crippen molar-refractivity contribution in [1.82, 2.24) is 4.90 Å². The Bertz CT molecular complexity index is 362. The summed E-state index contributed by atoms with van der Waals surface area (Å²) < 4.78 is 0. The monoisotopic (exact) mass is 247 g/mol. The maximum absolute atomic E-state index is 10.5. The lowest BCUT2D eigenvalue weighted by Gasteiger charge is -2.20. The first-order chi connectivity index (χ1) is 8.72. The highest BCUT2D eigenvalue weighted by Crippen LogP contribution is 2.03. The summed E-state index contributed by atoms with van der Waals surface area (Å²) in [5.74, 6) is -0.725. The molecule has 0 saturated heterocycles. The molecule has 0 aliphatic heterocycles. The zero-order valence-corrected chi connectivity index (χ0v) is 10.7. The van der Waals surface area contributed by atoms with Crippen LogP contribution in [-0.4, -0.2) is 35.6 Å². The van der Waals surface area contributed by atoms with Crippen LogP contribution in [0.1, 0.15) is 18.4 Å². The molecule has 3 nitrogen and oxygen atoms in total. The molecule has 0 unspecified atom stereocenters. The molecule has 0 aliphatic carbocycles. The number of hydrogen-bond donors (Lipinski definition) is 1. The lowest BCUT2D eigenvalue weighted by atomic mass is 10.1.